The molecule has 0 fully saturated rings. The molecule has 0 unspecified atom stereocenters. The number of amides is 1. The zero-order valence-electron chi connectivity index (χ0n) is 12.7. The van der Waals surface area contributed by atoms with Crippen LogP contribution in [0.2, 0.25) is 5.02 Å². The minimum Gasteiger partial charge on any atom is -0.349 e. The molecule has 2 rings (SSSR count). The SMILES string of the molecule is C[C@H](NC(=O)CSc1c(F)c(F)c(F)c(F)c1F)c1cccc(Cl)c1. The van der Waals surface area contributed by atoms with Crippen LogP contribution in [-0.2, 0) is 4.79 Å². The highest BCUT2D eigenvalue weighted by Gasteiger charge is 2.26. The normalized spacial score (nSPS) is 12.1. The number of benzene rings is 2. The number of thioether (sulfide) groups is 1. The Morgan fingerprint density at radius 1 is 1.08 bits per heavy atom. The monoisotopic (exact) mass is 395 g/mol. The summed E-state index contributed by atoms with van der Waals surface area (Å²) in [4.78, 5) is 10.8. The van der Waals surface area contributed by atoms with Gasteiger partial charge >= 0.3 is 0 Å². The van der Waals surface area contributed by atoms with Crippen molar-refractivity contribution in [3.05, 3.63) is 63.9 Å². The average Bonchev–Trinajstić information content (AvgIpc) is 2.58. The maximum Gasteiger partial charge on any atom is 0.230 e. The minimum atomic E-state index is -2.24. The summed E-state index contributed by atoms with van der Waals surface area (Å²) in [5, 5.41) is 3.02. The van der Waals surface area contributed by atoms with Crippen LogP contribution in [0.1, 0.15) is 18.5 Å². The Morgan fingerprint density at radius 2 is 1.64 bits per heavy atom. The molecule has 1 N–H and O–H groups in total. The lowest BCUT2D eigenvalue weighted by Gasteiger charge is -2.15. The maximum absolute atomic E-state index is 13.5. The van der Waals surface area contributed by atoms with Gasteiger partial charge in [0, 0.05) is 5.02 Å². The molecule has 0 aliphatic rings. The van der Waals surface area contributed by atoms with E-state index in [-0.39, 0.29) is 11.8 Å². The van der Waals surface area contributed by atoms with Gasteiger partial charge in [0.15, 0.2) is 23.3 Å². The average molecular weight is 396 g/mol. The summed E-state index contributed by atoms with van der Waals surface area (Å²) in [6.45, 7) is 1.66. The standard InChI is InChI=1S/C16H11ClF5NOS/c1-7(8-3-2-4-9(17)5-8)23-10(24)6-25-16-14(21)12(19)11(18)13(20)15(16)22/h2-5,7H,6H2,1H3,(H,23,24)/t7-/m0/s1. The van der Waals surface area contributed by atoms with Gasteiger partial charge in [-0.05, 0) is 24.6 Å². The molecular formula is C16H11ClF5NOS. The molecule has 0 spiro atoms. The summed E-state index contributed by atoms with van der Waals surface area (Å²) in [6, 6.07) is 6.23. The second kappa shape index (κ2) is 8.05. The Hall–Kier alpha value is -1.80. The van der Waals surface area contributed by atoms with Crippen molar-refractivity contribution in [3.8, 4) is 0 Å². The second-order valence-corrected chi connectivity index (χ2v) is 6.45. The molecule has 0 aliphatic heterocycles. The van der Waals surface area contributed by atoms with Gasteiger partial charge in [-0.2, -0.15) is 0 Å². The molecular weight excluding hydrogens is 385 g/mol. The van der Waals surface area contributed by atoms with E-state index in [1.165, 1.54) is 0 Å². The van der Waals surface area contributed by atoms with Gasteiger partial charge in [0.25, 0.3) is 0 Å². The minimum absolute atomic E-state index is 0.224. The third-order valence-corrected chi connectivity index (χ3v) is 4.53. The number of halogens is 6. The first-order valence-electron chi connectivity index (χ1n) is 6.91. The lowest BCUT2D eigenvalue weighted by atomic mass is 10.1. The van der Waals surface area contributed by atoms with Gasteiger partial charge in [-0.3, -0.25) is 4.79 Å². The number of nitrogens with one attached hydrogen (secondary N) is 1. The van der Waals surface area contributed by atoms with Crippen molar-refractivity contribution < 1.29 is 26.7 Å². The van der Waals surface area contributed by atoms with Crippen LogP contribution in [0.3, 0.4) is 0 Å². The van der Waals surface area contributed by atoms with Crippen LogP contribution in [-0.4, -0.2) is 11.7 Å². The molecule has 0 saturated heterocycles. The highest BCUT2D eigenvalue weighted by molar-refractivity contribution is 8.00. The first-order valence-corrected chi connectivity index (χ1v) is 8.27. The fourth-order valence-electron chi connectivity index (χ4n) is 1.99. The maximum atomic E-state index is 13.5. The van der Waals surface area contributed by atoms with E-state index in [1.54, 1.807) is 31.2 Å². The molecule has 2 nitrogen and oxygen atoms in total. The molecule has 0 aromatic heterocycles. The molecule has 2 aromatic carbocycles. The van der Waals surface area contributed by atoms with Crippen LogP contribution in [0.5, 0.6) is 0 Å². The lowest BCUT2D eigenvalue weighted by Crippen LogP contribution is -2.28. The van der Waals surface area contributed by atoms with Crippen molar-refractivity contribution in [2.75, 3.05) is 5.75 Å². The Bertz CT molecular complexity index is 788. The first kappa shape index (κ1) is 19.5. The highest BCUT2D eigenvalue weighted by atomic mass is 35.5. The van der Waals surface area contributed by atoms with Crippen molar-refractivity contribution in [2.24, 2.45) is 0 Å². The van der Waals surface area contributed by atoms with Crippen molar-refractivity contribution in [3.63, 3.8) is 0 Å². The van der Waals surface area contributed by atoms with Crippen LogP contribution < -0.4 is 5.32 Å². The van der Waals surface area contributed by atoms with Gasteiger partial charge in [0.1, 0.15) is 0 Å². The van der Waals surface area contributed by atoms with E-state index < -0.39 is 51.7 Å². The van der Waals surface area contributed by atoms with Crippen LogP contribution in [0.4, 0.5) is 22.0 Å². The van der Waals surface area contributed by atoms with Gasteiger partial charge in [-0.15, -0.1) is 11.8 Å². The number of carbonyl (C=O) groups is 1. The third kappa shape index (κ3) is 4.43. The molecule has 0 saturated carbocycles. The number of rotatable bonds is 5. The van der Waals surface area contributed by atoms with E-state index in [9.17, 15) is 26.7 Å². The van der Waals surface area contributed by atoms with Gasteiger partial charge in [-0.1, -0.05) is 23.7 Å². The molecule has 0 bridgehead atoms. The Kier molecular flexibility index (Phi) is 6.29. The van der Waals surface area contributed by atoms with Gasteiger partial charge in [0.2, 0.25) is 11.7 Å². The van der Waals surface area contributed by atoms with Crippen molar-refractivity contribution in [2.45, 2.75) is 17.9 Å². The third-order valence-electron chi connectivity index (χ3n) is 3.24. The summed E-state index contributed by atoms with van der Waals surface area (Å²) >= 11 is 6.07. The van der Waals surface area contributed by atoms with E-state index in [4.69, 9.17) is 11.6 Å². The number of carbonyl (C=O) groups excluding carboxylic acids is 1. The predicted molar refractivity (Wildman–Crippen MR) is 85.0 cm³/mol. The second-order valence-electron chi connectivity index (χ2n) is 5.03. The van der Waals surface area contributed by atoms with E-state index in [2.05, 4.69) is 5.32 Å². The van der Waals surface area contributed by atoms with E-state index in [1.807, 2.05) is 0 Å². The molecule has 134 valence electrons. The molecule has 2 aromatic rings. The smallest absolute Gasteiger partial charge is 0.230 e. The summed E-state index contributed by atoms with van der Waals surface area (Å²) in [6.07, 6.45) is 0. The fraction of sp³-hybridized carbons (Fsp3) is 0.188. The molecule has 0 aliphatic carbocycles. The fourth-order valence-corrected chi connectivity index (χ4v) is 2.98. The van der Waals surface area contributed by atoms with Crippen molar-refractivity contribution in [1.82, 2.24) is 5.32 Å². The van der Waals surface area contributed by atoms with E-state index in [0.29, 0.717) is 10.6 Å². The Balaban J connectivity index is 2.06. The summed E-state index contributed by atoms with van der Waals surface area (Å²) in [5.74, 6) is -11.4. The zero-order chi connectivity index (χ0) is 18.7. The largest absolute Gasteiger partial charge is 0.349 e. The van der Waals surface area contributed by atoms with Crippen molar-refractivity contribution in [1.29, 1.82) is 0 Å². The summed E-state index contributed by atoms with van der Waals surface area (Å²) in [5.41, 5.74) is 0.696. The molecule has 0 radical (unpaired) electrons. The van der Waals surface area contributed by atoms with Gasteiger partial charge in [0.05, 0.1) is 16.7 Å². The molecule has 1 atom stereocenters. The van der Waals surface area contributed by atoms with Crippen LogP contribution in [0, 0.1) is 29.1 Å². The van der Waals surface area contributed by atoms with Crippen LogP contribution in [0.25, 0.3) is 0 Å². The summed E-state index contributed by atoms with van der Waals surface area (Å²) < 4.78 is 66.3. The molecule has 0 heterocycles. The molecule has 9 heteroatoms. The molecule has 1 amide bonds. The predicted octanol–water partition coefficient (Wildman–Crippen LogP) is 5.01. The lowest BCUT2D eigenvalue weighted by molar-refractivity contribution is -0.119. The van der Waals surface area contributed by atoms with Gasteiger partial charge in [-0.25, -0.2) is 22.0 Å². The molecule has 25 heavy (non-hydrogen) atoms. The van der Waals surface area contributed by atoms with E-state index >= 15 is 0 Å². The van der Waals surface area contributed by atoms with E-state index in [0.717, 1.165) is 0 Å². The van der Waals surface area contributed by atoms with Crippen LogP contribution >= 0.6 is 23.4 Å². The number of hydrogen-bond donors (Lipinski definition) is 1. The van der Waals surface area contributed by atoms with Gasteiger partial charge < -0.3 is 5.32 Å². The zero-order valence-corrected chi connectivity index (χ0v) is 14.3. The first-order chi connectivity index (χ1) is 11.7. The van der Waals surface area contributed by atoms with Crippen molar-refractivity contribution >= 4 is 29.3 Å². The Labute approximate surface area is 149 Å². The Morgan fingerprint density at radius 3 is 2.20 bits per heavy atom. The topological polar surface area (TPSA) is 29.1 Å². The quantitative estimate of drug-likeness (QED) is 0.334. The van der Waals surface area contributed by atoms with Crippen LogP contribution in [0.15, 0.2) is 29.2 Å². The number of hydrogen-bond acceptors (Lipinski definition) is 2. The highest BCUT2D eigenvalue weighted by Crippen LogP contribution is 2.30. The summed E-state index contributed by atoms with van der Waals surface area (Å²) in [7, 11) is 0.